The summed E-state index contributed by atoms with van der Waals surface area (Å²) in [6.45, 7) is 11.8. The van der Waals surface area contributed by atoms with E-state index in [9.17, 15) is 0 Å². The van der Waals surface area contributed by atoms with Crippen LogP contribution in [0, 0.1) is 0 Å². The van der Waals surface area contributed by atoms with Gasteiger partial charge in [0.1, 0.15) is 10.6 Å². The molecule has 0 N–H and O–H groups in total. The third-order valence-corrected chi connectivity index (χ3v) is 7.26. The molecule has 6 heteroatoms. The van der Waals surface area contributed by atoms with Gasteiger partial charge in [0.25, 0.3) is 0 Å². The summed E-state index contributed by atoms with van der Waals surface area (Å²) in [4.78, 5) is 14.9. The Balaban J connectivity index is 1.87. The molecule has 0 aromatic carbocycles. The van der Waals surface area contributed by atoms with Gasteiger partial charge in [-0.3, -0.25) is 0 Å². The molecular formula is C19H27N3OS2. The molecule has 0 aliphatic carbocycles. The molecule has 0 bridgehead atoms. The smallest absolute Gasteiger partial charge is 0.191 e. The van der Waals surface area contributed by atoms with Gasteiger partial charge in [-0.2, -0.15) is 0 Å². The SMILES string of the molecule is CCC1(C)Cc2c(sc3nc(SC(C)C)nc(N4CCCC4)c23)CO1. The number of hydrogen-bond acceptors (Lipinski definition) is 6. The number of anilines is 1. The summed E-state index contributed by atoms with van der Waals surface area (Å²) in [6, 6.07) is 0. The first-order chi connectivity index (χ1) is 12.0. The summed E-state index contributed by atoms with van der Waals surface area (Å²) >= 11 is 3.57. The summed E-state index contributed by atoms with van der Waals surface area (Å²) in [5.74, 6) is 1.17. The van der Waals surface area contributed by atoms with Gasteiger partial charge in [0, 0.05) is 29.6 Å². The van der Waals surface area contributed by atoms with Crippen LogP contribution < -0.4 is 4.90 Å². The number of rotatable bonds is 4. The summed E-state index contributed by atoms with van der Waals surface area (Å²) in [7, 11) is 0. The first-order valence-corrected chi connectivity index (χ1v) is 11.1. The first kappa shape index (κ1) is 17.6. The zero-order valence-electron chi connectivity index (χ0n) is 15.6. The van der Waals surface area contributed by atoms with E-state index in [1.807, 2.05) is 11.3 Å². The van der Waals surface area contributed by atoms with Gasteiger partial charge in [-0.15, -0.1) is 11.3 Å². The highest BCUT2D eigenvalue weighted by molar-refractivity contribution is 7.99. The molecule has 0 radical (unpaired) electrons. The van der Waals surface area contributed by atoms with E-state index in [-0.39, 0.29) is 5.60 Å². The zero-order chi connectivity index (χ0) is 17.6. The van der Waals surface area contributed by atoms with Crippen molar-refractivity contribution in [2.45, 2.75) is 76.0 Å². The fourth-order valence-electron chi connectivity index (χ4n) is 3.68. The highest BCUT2D eigenvalue weighted by Crippen LogP contribution is 2.43. The predicted octanol–water partition coefficient (Wildman–Crippen LogP) is 5.03. The van der Waals surface area contributed by atoms with E-state index >= 15 is 0 Å². The van der Waals surface area contributed by atoms with E-state index in [0.717, 1.165) is 35.9 Å². The van der Waals surface area contributed by atoms with E-state index < -0.39 is 0 Å². The second-order valence-corrected chi connectivity index (χ2v) is 10.3. The summed E-state index contributed by atoms with van der Waals surface area (Å²) in [6.07, 6.45) is 4.53. The van der Waals surface area contributed by atoms with Gasteiger partial charge < -0.3 is 9.64 Å². The molecule has 2 aliphatic rings. The Labute approximate surface area is 158 Å². The molecule has 0 amide bonds. The van der Waals surface area contributed by atoms with E-state index in [4.69, 9.17) is 14.7 Å². The van der Waals surface area contributed by atoms with Gasteiger partial charge in [-0.25, -0.2) is 9.97 Å². The molecule has 1 fully saturated rings. The Morgan fingerprint density at radius 3 is 2.72 bits per heavy atom. The lowest BCUT2D eigenvalue weighted by molar-refractivity contribution is -0.0542. The van der Waals surface area contributed by atoms with Gasteiger partial charge in [0.05, 0.1) is 17.6 Å². The van der Waals surface area contributed by atoms with Crippen LogP contribution in [0.25, 0.3) is 10.2 Å². The Bertz CT molecular complexity index is 783. The van der Waals surface area contributed by atoms with Gasteiger partial charge in [-0.1, -0.05) is 32.5 Å². The summed E-state index contributed by atoms with van der Waals surface area (Å²) in [5, 5.41) is 2.71. The Kier molecular flexibility index (Phi) is 4.71. The first-order valence-electron chi connectivity index (χ1n) is 9.37. The van der Waals surface area contributed by atoms with Crippen molar-refractivity contribution in [3.63, 3.8) is 0 Å². The molecule has 2 aliphatic heterocycles. The third kappa shape index (κ3) is 3.28. The zero-order valence-corrected chi connectivity index (χ0v) is 17.2. The maximum atomic E-state index is 6.17. The van der Waals surface area contributed by atoms with Crippen molar-refractivity contribution in [1.82, 2.24) is 9.97 Å². The van der Waals surface area contributed by atoms with Crippen LogP contribution in [0.1, 0.15) is 57.4 Å². The van der Waals surface area contributed by atoms with Gasteiger partial charge in [0.15, 0.2) is 5.16 Å². The van der Waals surface area contributed by atoms with Crippen molar-refractivity contribution in [2.75, 3.05) is 18.0 Å². The van der Waals surface area contributed by atoms with Crippen molar-refractivity contribution >= 4 is 39.1 Å². The van der Waals surface area contributed by atoms with Crippen LogP contribution in [0.15, 0.2) is 5.16 Å². The van der Waals surface area contributed by atoms with Crippen LogP contribution >= 0.6 is 23.1 Å². The number of thiophene rings is 1. The lowest BCUT2D eigenvalue weighted by Gasteiger charge is -2.33. The molecule has 136 valence electrons. The van der Waals surface area contributed by atoms with E-state index in [1.165, 1.54) is 34.5 Å². The normalized spacial score (nSPS) is 23.6. The molecule has 0 saturated carbocycles. The van der Waals surface area contributed by atoms with Crippen LogP contribution in [-0.2, 0) is 17.8 Å². The van der Waals surface area contributed by atoms with Crippen LogP contribution in [0.2, 0.25) is 0 Å². The number of nitrogens with zero attached hydrogens (tertiary/aromatic N) is 3. The van der Waals surface area contributed by atoms with Crippen LogP contribution in [0.4, 0.5) is 5.82 Å². The van der Waals surface area contributed by atoms with E-state index in [0.29, 0.717) is 11.9 Å². The topological polar surface area (TPSA) is 38.2 Å². The maximum Gasteiger partial charge on any atom is 0.191 e. The van der Waals surface area contributed by atoms with Gasteiger partial charge in [-0.05, 0) is 31.7 Å². The van der Waals surface area contributed by atoms with Gasteiger partial charge in [0.2, 0.25) is 0 Å². The number of thioether (sulfide) groups is 1. The standard InChI is InChI=1S/C19H27N3OS2/c1-5-19(4)10-13-14(11-23-19)25-17-15(13)16(22-8-6-7-9-22)20-18(21-17)24-12(2)3/h12H,5-11H2,1-4H3. The molecule has 4 nitrogen and oxygen atoms in total. The maximum absolute atomic E-state index is 6.17. The average Bonchev–Trinajstić information content (AvgIpc) is 3.21. The lowest BCUT2D eigenvalue weighted by atomic mass is 9.90. The Morgan fingerprint density at radius 2 is 2.04 bits per heavy atom. The van der Waals surface area contributed by atoms with E-state index in [1.54, 1.807) is 11.8 Å². The number of ether oxygens (including phenoxy) is 1. The third-order valence-electron chi connectivity index (χ3n) is 5.29. The largest absolute Gasteiger partial charge is 0.369 e. The van der Waals surface area contributed by atoms with Crippen molar-refractivity contribution in [3.05, 3.63) is 10.4 Å². The van der Waals surface area contributed by atoms with Crippen molar-refractivity contribution in [2.24, 2.45) is 0 Å². The highest BCUT2D eigenvalue weighted by atomic mass is 32.2. The van der Waals surface area contributed by atoms with Crippen LogP contribution in [0.5, 0.6) is 0 Å². The number of aromatic nitrogens is 2. The monoisotopic (exact) mass is 377 g/mol. The minimum Gasteiger partial charge on any atom is -0.369 e. The second-order valence-electron chi connectivity index (χ2n) is 7.64. The molecular weight excluding hydrogens is 350 g/mol. The predicted molar refractivity (Wildman–Crippen MR) is 107 cm³/mol. The molecule has 4 heterocycles. The highest BCUT2D eigenvalue weighted by Gasteiger charge is 2.34. The molecule has 4 rings (SSSR count). The number of hydrogen-bond donors (Lipinski definition) is 0. The quantitative estimate of drug-likeness (QED) is 0.552. The summed E-state index contributed by atoms with van der Waals surface area (Å²) in [5.41, 5.74) is 1.38. The number of fused-ring (bicyclic) bond motifs is 3. The second kappa shape index (κ2) is 6.71. The minimum absolute atomic E-state index is 0.0609. The van der Waals surface area contributed by atoms with Gasteiger partial charge >= 0.3 is 0 Å². The molecule has 1 unspecified atom stereocenters. The van der Waals surface area contributed by atoms with Crippen LogP contribution in [-0.4, -0.2) is 33.9 Å². The van der Waals surface area contributed by atoms with Crippen molar-refractivity contribution in [1.29, 1.82) is 0 Å². The average molecular weight is 378 g/mol. The molecule has 25 heavy (non-hydrogen) atoms. The Hall–Kier alpha value is -0.850. The van der Waals surface area contributed by atoms with Crippen molar-refractivity contribution < 1.29 is 4.74 Å². The molecule has 1 saturated heterocycles. The molecule has 1 atom stereocenters. The fourth-order valence-corrected chi connectivity index (χ4v) is 5.54. The summed E-state index contributed by atoms with van der Waals surface area (Å²) < 4.78 is 6.17. The van der Waals surface area contributed by atoms with Crippen molar-refractivity contribution in [3.8, 4) is 0 Å². The van der Waals surface area contributed by atoms with Crippen LogP contribution in [0.3, 0.4) is 0 Å². The molecule has 2 aromatic heterocycles. The lowest BCUT2D eigenvalue weighted by Crippen LogP contribution is -2.34. The Morgan fingerprint density at radius 1 is 1.28 bits per heavy atom. The fraction of sp³-hybridized carbons (Fsp3) is 0.684. The van der Waals surface area contributed by atoms with E-state index in [2.05, 4.69) is 32.6 Å². The molecule has 0 spiro atoms. The molecule has 2 aromatic rings. The minimum atomic E-state index is -0.0609.